The summed E-state index contributed by atoms with van der Waals surface area (Å²) in [6.07, 6.45) is -0.184. The normalized spacial score (nSPS) is 12.1. The maximum absolute atomic E-state index is 12.2. The number of nitrogens with one attached hydrogen (secondary N) is 2. The van der Waals surface area contributed by atoms with Crippen LogP contribution in [0.2, 0.25) is 0 Å². The fourth-order valence-corrected chi connectivity index (χ4v) is 3.84. The predicted molar refractivity (Wildman–Crippen MR) is 108 cm³/mol. The number of hydrogen-bond donors (Lipinski definition) is 2. The summed E-state index contributed by atoms with van der Waals surface area (Å²) in [5.74, 6) is -0.571. The molecule has 1 aromatic heterocycles. The van der Waals surface area contributed by atoms with E-state index in [0.29, 0.717) is 6.54 Å². The summed E-state index contributed by atoms with van der Waals surface area (Å²) < 4.78 is 0. The van der Waals surface area contributed by atoms with Crippen LogP contribution in [0.5, 0.6) is 0 Å². The van der Waals surface area contributed by atoms with Crippen LogP contribution in [0.15, 0.2) is 29.6 Å². The molecule has 2 aromatic rings. The number of aryl methyl sites for hydroxylation is 3. The number of likely N-dealkylation sites (N-methyl/N-ethyl adjacent to an activating group) is 1. The van der Waals surface area contributed by atoms with E-state index in [2.05, 4.69) is 33.9 Å². The highest BCUT2D eigenvalue weighted by atomic mass is 32.1. The van der Waals surface area contributed by atoms with E-state index in [0.717, 1.165) is 16.8 Å². The van der Waals surface area contributed by atoms with Gasteiger partial charge in [0.05, 0.1) is 6.04 Å². The summed E-state index contributed by atoms with van der Waals surface area (Å²) in [6, 6.07) is 8.03. The number of nitrogens with zero attached hydrogens (tertiary/aromatic N) is 1. The second-order valence-electron chi connectivity index (χ2n) is 6.79. The van der Waals surface area contributed by atoms with Gasteiger partial charge in [-0.25, -0.2) is 0 Å². The fourth-order valence-electron chi connectivity index (χ4n) is 2.72. The molecule has 0 bridgehead atoms. The topological polar surface area (TPSA) is 61.4 Å². The first-order valence-corrected chi connectivity index (χ1v) is 9.50. The maximum atomic E-state index is 12.2. The number of carbonyl (C=O) groups excluding carboxylic acids is 2. The summed E-state index contributed by atoms with van der Waals surface area (Å²) >= 11 is 1.68. The first-order chi connectivity index (χ1) is 12.3. The van der Waals surface area contributed by atoms with Gasteiger partial charge in [0.25, 0.3) is 0 Å². The average molecular weight is 374 g/mol. The number of thiophene rings is 1. The highest BCUT2D eigenvalue weighted by Gasteiger charge is 2.19. The lowest BCUT2D eigenvalue weighted by Gasteiger charge is -2.24. The van der Waals surface area contributed by atoms with E-state index in [1.165, 1.54) is 10.4 Å². The van der Waals surface area contributed by atoms with Crippen molar-refractivity contribution < 1.29 is 9.59 Å². The van der Waals surface area contributed by atoms with Gasteiger partial charge < -0.3 is 15.5 Å². The van der Waals surface area contributed by atoms with Crippen LogP contribution in [-0.2, 0) is 9.59 Å². The van der Waals surface area contributed by atoms with E-state index in [1.807, 2.05) is 46.1 Å². The standard InChI is InChI=1S/C20H27N3O2S/c1-13-6-7-14(2)16(10-13)22-19(25)11-18(24)21-12-17(23(4)5)20-15(3)8-9-26-20/h6-10,17H,11-12H2,1-5H3,(H,21,24)(H,22,25)/t17-/m1/s1. The smallest absolute Gasteiger partial charge is 0.233 e. The molecular weight excluding hydrogens is 346 g/mol. The van der Waals surface area contributed by atoms with Gasteiger partial charge in [-0.1, -0.05) is 12.1 Å². The number of amides is 2. The van der Waals surface area contributed by atoms with Crippen molar-refractivity contribution in [2.45, 2.75) is 33.2 Å². The number of benzene rings is 1. The Bertz CT molecular complexity index is 783. The van der Waals surface area contributed by atoms with Gasteiger partial charge in [-0.3, -0.25) is 9.59 Å². The molecule has 0 radical (unpaired) electrons. The molecule has 1 heterocycles. The quantitative estimate of drug-likeness (QED) is 0.731. The number of rotatable bonds is 7. The van der Waals surface area contributed by atoms with E-state index in [4.69, 9.17) is 0 Å². The fraction of sp³-hybridized carbons (Fsp3) is 0.400. The molecule has 2 N–H and O–H groups in total. The largest absolute Gasteiger partial charge is 0.354 e. The van der Waals surface area contributed by atoms with Gasteiger partial charge >= 0.3 is 0 Å². The Kier molecular flexibility index (Phi) is 6.94. The molecule has 0 saturated heterocycles. The van der Waals surface area contributed by atoms with Crippen molar-refractivity contribution in [2.75, 3.05) is 26.0 Å². The van der Waals surface area contributed by atoms with E-state index in [9.17, 15) is 9.59 Å². The van der Waals surface area contributed by atoms with Crippen molar-refractivity contribution in [3.63, 3.8) is 0 Å². The van der Waals surface area contributed by atoms with Crippen LogP contribution >= 0.6 is 11.3 Å². The monoisotopic (exact) mass is 373 g/mol. The second kappa shape index (κ2) is 8.96. The minimum atomic E-state index is -0.301. The molecule has 140 valence electrons. The zero-order valence-corrected chi connectivity index (χ0v) is 16.9. The first kappa shape index (κ1) is 20.1. The Hall–Kier alpha value is -2.18. The molecule has 0 spiro atoms. The molecule has 2 amide bonds. The SMILES string of the molecule is Cc1ccc(C)c(NC(=O)CC(=O)NC[C@H](c2sccc2C)N(C)C)c1. The van der Waals surface area contributed by atoms with Crippen molar-refractivity contribution in [1.82, 2.24) is 10.2 Å². The maximum Gasteiger partial charge on any atom is 0.233 e. The zero-order chi connectivity index (χ0) is 19.3. The third-order valence-electron chi connectivity index (χ3n) is 4.31. The molecule has 0 aliphatic rings. The van der Waals surface area contributed by atoms with Crippen LogP contribution in [0.4, 0.5) is 5.69 Å². The van der Waals surface area contributed by atoms with Gasteiger partial charge in [-0.2, -0.15) is 0 Å². The molecule has 0 aliphatic heterocycles. The zero-order valence-electron chi connectivity index (χ0n) is 16.1. The Balaban J connectivity index is 1.90. The summed E-state index contributed by atoms with van der Waals surface area (Å²) in [5.41, 5.74) is 4.01. The molecule has 2 rings (SSSR count). The third kappa shape index (κ3) is 5.41. The van der Waals surface area contributed by atoms with E-state index < -0.39 is 0 Å². The van der Waals surface area contributed by atoms with E-state index in [1.54, 1.807) is 11.3 Å². The Morgan fingerprint density at radius 2 is 1.81 bits per heavy atom. The van der Waals surface area contributed by atoms with E-state index in [-0.39, 0.29) is 24.3 Å². The van der Waals surface area contributed by atoms with Gasteiger partial charge in [0.1, 0.15) is 6.42 Å². The molecule has 26 heavy (non-hydrogen) atoms. The van der Waals surface area contributed by atoms with Crippen molar-refractivity contribution in [3.8, 4) is 0 Å². The van der Waals surface area contributed by atoms with Gasteiger partial charge in [0, 0.05) is 17.1 Å². The molecule has 1 aromatic carbocycles. The molecule has 0 unspecified atom stereocenters. The third-order valence-corrected chi connectivity index (χ3v) is 5.43. The molecule has 0 saturated carbocycles. The summed E-state index contributed by atoms with van der Waals surface area (Å²) in [5, 5.41) is 7.76. The summed E-state index contributed by atoms with van der Waals surface area (Å²) in [4.78, 5) is 27.7. The minimum Gasteiger partial charge on any atom is -0.354 e. The number of hydrogen-bond acceptors (Lipinski definition) is 4. The van der Waals surface area contributed by atoms with Crippen LogP contribution in [0.3, 0.4) is 0 Å². The van der Waals surface area contributed by atoms with Crippen LogP contribution in [0.25, 0.3) is 0 Å². The molecular formula is C20H27N3O2S. The second-order valence-corrected chi connectivity index (χ2v) is 7.74. The number of anilines is 1. The average Bonchev–Trinajstić information content (AvgIpc) is 2.96. The molecule has 6 heteroatoms. The first-order valence-electron chi connectivity index (χ1n) is 8.62. The lowest BCUT2D eigenvalue weighted by molar-refractivity contribution is -0.126. The van der Waals surface area contributed by atoms with Crippen LogP contribution in [-0.4, -0.2) is 37.4 Å². The Morgan fingerprint density at radius 1 is 1.08 bits per heavy atom. The summed E-state index contributed by atoms with van der Waals surface area (Å²) in [6.45, 7) is 6.45. The van der Waals surface area contributed by atoms with Crippen molar-refractivity contribution in [2.24, 2.45) is 0 Å². The van der Waals surface area contributed by atoms with Crippen molar-refractivity contribution in [1.29, 1.82) is 0 Å². The Morgan fingerprint density at radius 3 is 2.42 bits per heavy atom. The number of carbonyl (C=O) groups is 2. The molecule has 5 nitrogen and oxygen atoms in total. The Labute approximate surface area is 159 Å². The lowest BCUT2D eigenvalue weighted by Crippen LogP contribution is -2.36. The van der Waals surface area contributed by atoms with Gasteiger partial charge in [0.2, 0.25) is 11.8 Å². The molecule has 1 atom stereocenters. The molecule has 0 aliphatic carbocycles. The van der Waals surface area contributed by atoms with Crippen LogP contribution in [0, 0.1) is 20.8 Å². The van der Waals surface area contributed by atoms with Gasteiger partial charge in [0.15, 0.2) is 0 Å². The van der Waals surface area contributed by atoms with Crippen LogP contribution in [0.1, 0.15) is 34.0 Å². The van der Waals surface area contributed by atoms with Gasteiger partial charge in [-0.05, 0) is 69.1 Å². The van der Waals surface area contributed by atoms with E-state index >= 15 is 0 Å². The summed E-state index contributed by atoms with van der Waals surface area (Å²) in [7, 11) is 3.98. The van der Waals surface area contributed by atoms with Crippen molar-refractivity contribution >= 4 is 28.8 Å². The molecule has 0 fully saturated rings. The van der Waals surface area contributed by atoms with Crippen molar-refractivity contribution in [3.05, 3.63) is 51.2 Å². The lowest BCUT2D eigenvalue weighted by atomic mass is 10.1. The highest BCUT2D eigenvalue weighted by Crippen LogP contribution is 2.26. The highest BCUT2D eigenvalue weighted by molar-refractivity contribution is 7.10. The van der Waals surface area contributed by atoms with Gasteiger partial charge in [-0.15, -0.1) is 11.3 Å². The van der Waals surface area contributed by atoms with Crippen LogP contribution < -0.4 is 10.6 Å². The minimum absolute atomic E-state index is 0.0982. The predicted octanol–water partition coefficient (Wildman–Crippen LogP) is 3.42.